The van der Waals surface area contributed by atoms with Crippen molar-refractivity contribution in [3.8, 4) is 0 Å². The molecule has 2 aromatic rings. The molecule has 1 atom stereocenters. The number of fused-ring (bicyclic) bond motifs is 1. The molecule has 4 nitrogen and oxygen atoms in total. The van der Waals surface area contributed by atoms with Gasteiger partial charge < -0.3 is 4.90 Å². The maximum absolute atomic E-state index is 13.3. The number of pyridine rings is 1. The molecular formula is C23H29N3O. The first-order valence-electron chi connectivity index (χ1n) is 10.6. The number of nitrogens with zero attached hydrogens (tertiary/aromatic N) is 3. The summed E-state index contributed by atoms with van der Waals surface area (Å²) < 4.78 is 0. The second kappa shape index (κ2) is 6.90. The second-order valence-electron chi connectivity index (χ2n) is 8.88. The maximum atomic E-state index is 13.3. The number of carbonyl (C=O) groups is 1. The molecule has 0 radical (unpaired) electrons. The molecule has 5 rings (SSSR count). The molecule has 4 heteroatoms. The Morgan fingerprint density at radius 2 is 1.96 bits per heavy atom. The average molecular weight is 364 g/mol. The standard InChI is InChI=1S/C23H29N3O/c27-22-23(10-4-13-26(22)15-18-5-1-6-18)11-14-25(17-23)16-20-8-2-7-19-9-3-12-24-21(19)20/h2-3,7-9,12,18H,1,4-6,10-11,13-17H2. The Morgan fingerprint density at radius 3 is 2.81 bits per heavy atom. The molecule has 0 bridgehead atoms. The summed E-state index contributed by atoms with van der Waals surface area (Å²) in [4.78, 5) is 22.6. The molecule has 0 N–H and O–H groups in total. The van der Waals surface area contributed by atoms with Gasteiger partial charge in [0.15, 0.2) is 0 Å². The lowest BCUT2D eigenvalue weighted by Gasteiger charge is -2.42. The van der Waals surface area contributed by atoms with E-state index in [1.54, 1.807) is 0 Å². The molecule has 2 aliphatic heterocycles. The van der Waals surface area contributed by atoms with Gasteiger partial charge in [0.05, 0.1) is 10.9 Å². The van der Waals surface area contributed by atoms with Gasteiger partial charge in [-0.25, -0.2) is 0 Å². The highest BCUT2D eigenvalue weighted by molar-refractivity contribution is 5.84. The van der Waals surface area contributed by atoms with E-state index in [4.69, 9.17) is 0 Å². The molecule has 1 amide bonds. The van der Waals surface area contributed by atoms with Crippen LogP contribution >= 0.6 is 0 Å². The lowest BCUT2D eigenvalue weighted by atomic mass is 9.77. The van der Waals surface area contributed by atoms with Crippen LogP contribution in [0, 0.1) is 11.3 Å². The van der Waals surface area contributed by atoms with Gasteiger partial charge in [-0.15, -0.1) is 0 Å². The van der Waals surface area contributed by atoms with E-state index < -0.39 is 0 Å². The summed E-state index contributed by atoms with van der Waals surface area (Å²) in [7, 11) is 0. The molecule has 1 aromatic carbocycles. The maximum Gasteiger partial charge on any atom is 0.230 e. The number of hydrogen-bond donors (Lipinski definition) is 0. The zero-order chi connectivity index (χ0) is 18.3. The van der Waals surface area contributed by atoms with Crippen LogP contribution < -0.4 is 0 Å². The van der Waals surface area contributed by atoms with Gasteiger partial charge in [0.25, 0.3) is 0 Å². The number of carbonyl (C=O) groups excluding carboxylic acids is 1. The minimum absolute atomic E-state index is 0.125. The van der Waals surface area contributed by atoms with E-state index in [1.165, 1.54) is 36.6 Å². The van der Waals surface area contributed by atoms with Crippen LogP contribution in [0.5, 0.6) is 0 Å². The summed E-state index contributed by atoms with van der Waals surface area (Å²) in [5.41, 5.74) is 2.25. The first-order valence-corrected chi connectivity index (χ1v) is 10.6. The summed E-state index contributed by atoms with van der Waals surface area (Å²) in [5, 5.41) is 1.20. The van der Waals surface area contributed by atoms with Crippen molar-refractivity contribution in [2.24, 2.45) is 11.3 Å². The highest BCUT2D eigenvalue weighted by Gasteiger charge is 2.48. The molecule has 3 aliphatic rings. The number of piperidine rings is 1. The van der Waals surface area contributed by atoms with Crippen LogP contribution in [0.15, 0.2) is 36.5 Å². The topological polar surface area (TPSA) is 36.4 Å². The molecule has 1 unspecified atom stereocenters. The molecule has 1 aliphatic carbocycles. The van der Waals surface area contributed by atoms with Gasteiger partial charge in [0.1, 0.15) is 0 Å². The third-order valence-corrected chi connectivity index (χ3v) is 7.07. The average Bonchev–Trinajstić information content (AvgIpc) is 3.05. The second-order valence-corrected chi connectivity index (χ2v) is 8.88. The van der Waals surface area contributed by atoms with Crippen LogP contribution in [-0.2, 0) is 11.3 Å². The van der Waals surface area contributed by atoms with Gasteiger partial charge in [-0.3, -0.25) is 14.7 Å². The third-order valence-electron chi connectivity index (χ3n) is 7.07. The minimum atomic E-state index is -0.125. The van der Waals surface area contributed by atoms with Crippen LogP contribution in [0.25, 0.3) is 10.9 Å². The summed E-state index contributed by atoms with van der Waals surface area (Å²) >= 11 is 0. The zero-order valence-corrected chi connectivity index (χ0v) is 16.1. The van der Waals surface area contributed by atoms with Crippen LogP contribution in [0.1, 0.15) is 44.1 Å². The van der Waals surface area contributed by atoms with Crippen molar-refractivity contribution in [3.05, 3.63) is 42.1 Å². The molecule has 3 heterocycles. The number of hydrogen-bond acceptors (Lipinski definition) is 3. The fraction of sp³-hybridized carbons (Fsp3) is 0.565. The van der Waals surface area contributed by atoms with Gasteiger partial charge >= 0.3 is 0 Å². The molecule has 27 heavy (non-hydrogen) atoms. The summed E-state index contributed by atoms with van der Waals surface area (Å²) in [5.74, 6) is 1.21. The first-order chi connectivity index (χ1) is 13.2. The first kappa shape index (κ1) is 17.2. The predicted molar refractivity (Wildman–Crippen MR) is 107 cm³/mol. The monoisotopic (exact) mass is 363 g/mol. The highest BCUT2D eigenvalue weighted by Crippen LogP contribution is 2.41. The molecule has 1 saturated carbocycles. The zero-order valence-electron chi connectivity index (χ0n) is 16.1. The Kier molecular flexibility index (Phi) is 4.39. The van der Waals surface area contributed by atoms with Crippen LogP contribution in [-0.4, -0.2) is 46.9 Å². The van der Waals surface area contributed by atoms with E-state index in [9.17, 15) is 4.79 Å². The smallest absolute Gasteiger partial charge is 0.230 e. The van der Waals surface area contributed by atoms with Crippen molar-refractivity contribution >= 4 is 16.8 Å². The Hall–Kier alpha value is -1.94. The molecule has 1 aromatic heterocycles. The van der Waals surface area contributed by atoms with E-state index in [1.807, 2.05) is 12.3 Å². The predicted octanol–water partition coefficient (Wildman–Crippen LogP) is 3.85. The molecule has 3 fully saturated rings. The Bertz CT molecular complexity index is 841. The van der Waals surface area contributed by atoms with E-state index in [2.05, 4.69) is 39.0 Å². The largest absolute Gasteiger partial charge is 0.342 e. The van der Waals surface area contributed by atoms with Crippen molar-refractivity contribution in [3.63, 3.8) is 0 Å². The highest BCUT2D eigenvalue weighted by atomic mass is 16.2. The van der Waals surface area contributed by atoms with Crippen molar-refractivity contribution in [1.82, 2.24) is 14.8 Å². The number of benzene rings is 1. The Labute approximate surface area is 161 Å². The van der Waals surface area contributed by atoms with Gasteiger partial charge in [0, 0.05) is 37.8 Å². The van der Waals surface area contributed by atoms with Crippen molar-refractivity contribution < 1.29 is 4.79 Å². The van der Waals surface area contributed by atoms with E-state index in [0.717, 1.165) is 57.0 Å². The fourth-order valence-corrected chi connectivity index (χ4v) is 5.32. The number of rotatable bonds is 4. The van der Waals surface area contributed by atoms with Crippen LogP contribution in [0.3, 0.4) is 0 Å². The molecule has 1 spiro atoms. The van der Waals surface area contributed by atoms with Gasteiger partial charge in [-0.2, -0.15) is 0 Å². The quantitative estimate of drug-likeness (QED) is 0.828. The van der Waals surface area contributed by atoms with Crippen molar-refractivity contribution in [1.29, 1.82) is 0 Å². The van der Waals surface area contributed by atoms with Gasteiger partial charge in [-0.1, -0.05) is 30.7 Å². The Balaban J connectivity index is 1.30. The summed E-state index contributed by atoms with van der Waals surface area (Å²) in [6.45, 7) is 4.81. The lowest BCUT2D eigenvalue weighted by molar-refractivity contribution is -0.146. The number of amides is 1. The number of likely N-dealkylation sites (tertiary alicyclic amines) is 2. The number of aromatic nitrogens is 1. The summed E-state index contributed by atoms with van der Waals surface area (Å²) in [6, 6.07) is 10.6. The van der Waals surface area contributed by atoms with Crippen LogP contribution in [0.2, 0.25) is 0 Å². The third kappa shape index (κ3) is 3.14. The molecular weight excluding hydrogens is 334 g/mol. The summed E-state index contributed by atoms with van der Waals surface area (Å²) in [6.07, 6.45) is 9.11. The van der Waals surface area contributed by atoms with E-state index >= 15 is 0 Å². The lowest BCUT2D eigenvalue weighted by Crippen LogP contribution is -2.51. The number of para-hydroxylation sites is 1. The van der Waals surface area contributed by atoms with E-state index in [-0.39, 0.29) is 5.41 Å². The van der Waals surface area contributed by atoms with Crippen molar-refractivity contribution in [2.75, 3.05) is 26.2 Å². The van der Waals surface area contributed by atoms with E-state index in [0.29, 0.717) is 5.91 Å². The molecule has 142 valence electrons. The SMILES string of the molecule is O=C1N(CC2CCC2)CCCC12CCN(Cc1cccc3cccnc13)C2. The minimum Gasteiger partial charge on any atom is -0.342 e. The van der Waals surface area contributed by atoms with Crippen LogP contribution in [0.4, 0.5) is 0 Å². The van der Waals surface area contributed by atoms with Gasteiger partial charge in [0.2, 0.25) is 5.91 Å². The Morgan fingerprint density at radius 1 is 1.07 bits per heavy atom. The normalized spacial score (nSPS) is 26.8. The van der Waals surface area contributed by atoms with Gasteiger partial charge in [-0.05, 0) is 56.2 Å². The van der Waals surface area contributed by atoms with Crippen molar-refractivity contribution in [2.45, 2.75) is 45.1 Å². The fourth-order valence-electron chi connectivity index (χ4n) is 5.32. The molecule has 2 saturated heterocycles.